The van der Waals surface area contributed by atoms with Crippen molar-refractivity contribution in [3.63, 3.8) is 0 Å². The molecule has 130 valence electrons. The van der Waals surface area contributed by atoms with Gasteiger partial charge in [-0.25, -0.2) is 4.98 Å². The van der Waals surface area contributed by atoms with E-state index in [-0.39, 0.29) is 6.17 Å². The molecule has 0 aromatic carbocycles. The van der Waals surface area contributed by atoms with Crippen LogP contribution in [0.5, 0.6) is 0 Å². The Morgan fingerprint density at radius 3 is 2.96 bits per heavy atom. The summed E-state index contributed by atoms with van der Waals surface area (Å²) in [5, 5.41) is 6.32. The second-order valence-electron chi connectivity index (χ2n) is 5.94. The summed E-state index contributed by atoms with van der Waals surface area (Å²) in [4.78, 5) is 13.0. The number of nitrogens with one attached hydrogen (secondary N) is 2. The molecule has 1 unspecified atom stereocenters. The van der Waals surface area contributed by atoms with Crippen molar-refractivity contribution in [2.45, 2.75) is 25.6 Å². The predicted molar refractivity (Wildman–Crippen MR) is 104 cm³/mol. The summed E-state index contributed by atoms with van der Waals surface area (Å²) in [6.07, 6.45) is 9.44. The molecule has 0 spiro atoms. The van der Waals surface area contributed by atoms with Crippen molar-refractivity contribution < 1.29 is 0 Å². The summed E-state index contributed by atoms with van der Waals surface area (Å²) >= 11 is 3.44. The van der Waals surface area contributed by atoms with E-state index in [0.29, 0.717) is 24.2 Å². The zero-order valence-electron chi connectivity index (χ0n) is 13.8. The fraction of sp³-hybridized carbons (Fsp3) is 0.278. The van der Waals surface area contributed by atoms with E-state index in [1.165, 1.54) is 12.8 Å². The lowest BCUT2D eigenvalue weighted by Gasteiger charge is -2.13. The third-order valence-electron chi connectivity index (χ3n) is 3.82. The highest BCUT2D eigenvalue weighted by Crippen LogP contribution is 2.36. The standard InChI is InChI=1S/C18H21BrN6/c1-12(13-6-7-13)5-8-16(20)24-17-15(19)11-23-18(25-17)22-10-14-4-2-3-9-21-14/h2-5,8-9,11,13,16H,1,6-7,10,20H2,(H2,22,23,24,25)/b8-5+. The van der Waals surface area contributed by atoms with E-state index in [1.807, 2.05) is 30.4 Å². The molecule has 1 saturated carbocycles. The number of hydrogen-bond acceptors (Lipinski definition) is 6. The molecule has 1 aliphatic rings. The van der Waals surface area contributed by atoms with Gasteiger partial charge in [-0.15, -0.1) is 0 Å². The third-order valence-corrected chi connectivity index (χ3v) is 4.40. The van der Waals surface area contributed by atoms with E-state index in [2.05, 4.69) is 48.1 Å². The Hall–Kier alpha value is -2.25. The molecule has 2 heterocycles. The molecule has 1 atom stereocenters. The Balaban J connectivity index is 1.59. The van der Waals surface area contributed by atoms with E-state index in [4.69, 9.17) is 5.73 Å². The van der Waals surface area contributed by atoms with Gasteiger partial charge >= 0.3 is 0 Å². The van der Waals surface area contributed by atoms with Gasteiger partial charge < -0.3 is 16.4 Å². The number of hydrogen-bond donors (Lipinski definition) is 3. The minimum atomic E-state index is -0.356. The highest BCUT2D eigenvalue weighted by atomic mass is 79.9. The normalized spacial score (nSPS) is 15.1. The lowest BCUT2D eigenvalue weighted by atomic mass is 10.2. The average molecular weight is 401 g/mol. The molecule has 25 heavy (non-hydrogen) atoms. The fourth-order valence-corrected chi connectivity index (χ4v) is 2.55. The van der Waals surface area contributed by atoms with Crippen LogP contribution in [-0.4, -0.2) is 21.1 Å². The van der Waals surface area contributed by atoms with Gasteiger partial charge in [0.05, 0.1) is 22.9 Å². The number of anilines is 2. The molecule has 1 fully saturated rings. The number of rotatable bonds is 8. The number of aromatic nitrogens is 3. The Morgan fingerprint density at radius 1 is 1.40 bits per heavy atom. The molecule has 7 heteroatoms. The molecule has 3 rings (SSSR count). The number of pyridine rings is 1. The van der Waals surface area contributed by atoms with Crippen LogP contribution in [-0.2, 0) is 6.54 Å². The first-order valence-corrected chi connectivity index (χ1v) is 8.96. The molecule has 0 radical (unpaired) electrons. The monoisotopic (exact) mass is 400 g/mol. The Kier molecular flexibility index (Phi) is 5.78. The molecule has 2 aromatic rings. The van der Waals surface area contributed by atoms with Gasteiger partial charge in [0.1, 0.15) is 5.82 Å². The second-order valence-corrected chi connectivity index (χ2v) is 6.80. The summed E-state index contributed by atoms with van der Waals surface area (Å²) in [5.74, 6) is 1.78. The maximum Gasteiger partial charge on any atom is 0.224 e. The van der Waals surface area contributed by atoms with Crippen LogP contribution in [0.4, 0.5) is 11.8 Å². The van der Waals surface area contributed by atoms with E-state index < -0.39 is 0 Å². The van der Waals surface area contributed by atoms with Crippen molar-refractivity contribution in [3.05, 3.63) is 65.1 Å². The summed E-state index contributed by atoms with van der Waals surface area (Å²) < 4.78 is 0.751. The minimum absolute atomic E-state index is 0.356. The molecule has 0 saturated heterocycles. The Bertz CT molecular complexity index is 757. The molecular weight excluding hydrogens is 380 g/mol. The number of nitrogens with two attached hydrogens (primary N) is 1. The lowest BCUT2D eigenvalue weighted by Crippen LogP contribution is -2.28. The van der Waals surface area contributed by atoms with Gasteiger partial charge in [-0.2, -0.15) is 4.98 Å². The molecule has 0 bridgehead atoms. The van der Waals surface area contributed by atoms with Gasteiger partial charge in [-0.1, -0.05) is 24.3 Å². The molecule has 4 N–H and O–H groups in total. The molecule has 2 aromatic heterocycles. The van der Waals surface area contributed by atoms with Crippen molar-refractivity contribution >= 4 is 27.7 Å². The molecule has 1 aliphatic carbocycles. The number of halogens is 1. The first-order chi connectivity index (χ1) is 12.1. The summed E-state index contributed by atoms with van der Waals surface area (Å²) in [5.41, 5.74) is 8.16. The van der Waals surface area contributed by atoms with Crippen LogP contribution in [0.15, 0.2) is 59.4 Å². The van der Waals surface area contributed by atoms with Crippen LogP contribution in [0.3, 0.4) is 0 Å². The number of allylic oxidation sites excluding steroid dienone is 2. The van der Waals surface area contributed by atoms with Gasteiger partial charge in [0.2, 0.25) is 5.95 Å². The van der Waals surface area contributed by atoms with Gasteiger partial charge in [-0.05, 0) is 52.9 Å². The Morgan fingerprint density at radius 2 is 2.24 bits per heavy atom. The van der Waals surface area contributed by atoms with Crippen molar-refractivity contribution in [1.29, 1.82) is 0 Å². The summed E-state index contributed by atoms with van der Waals surface area (Å²) in [7, 11) is 0. The molecule has 0 aliphatic heterocycles. The largest absolute Gasteiger partial charge is 0.350 e. The van der Waals surface area contributed by atoms with E-state index >= 15 is 0 Å². The van der Waals surface area contributed by atoms with Crippen LogP contribution in [0.2, 0.25) is 0 Å². The topological polar surface area (TPSA) is 88.8 Å². The van der Waals surface area contributed by atoms with Crippen LogP contribution in [0.25, 0.3) is 0 Å². The molecule has 6 nitrogen and oxygen atoms in total. The average Bonchev–Trinajstić information content (AvgIpc) is 3.46. The minimum Gasteiger partial charge on any atom is -0.350 e. The predicted octanol–water partition coefficient (Wildman–Crippen LogP) is 3.47. The van der Waals surface area contributed by atoms with Crippen molar-refractivity contribution in [2.24, 2.45) is 11.7 Å². The zero-order valence-corrected chi connectivity index (χ0v) is 15.4. The summed E-state index contributed by atoms with van der Waals surface area (Å²) in [6, 6.07) is 5.77. The van der Waals surface area contributed by atoms with Crippen LogP contribution in [0.1, 0.15) is 18.5 Å². The van der Waals surface area contributed by atoms with Gasteiger partial charge in [-0.3, -0.25) is 4.98 Å². The van der Waals surface area contributed by atoms with Gasteiger partial charge in [0.25, 0.3) is 0 Å². The van der Waals surface area contributed by atoms with Gasteiger partial charge in [0.15, 0.2) is 0 Å². The molecular formula is C18H21BrN6. The highest BCUT2D eigenvalue weighted by molar-refractivity contribution is 9.10. The van der Waals surface area contributed by atoms with Crippen LogP contribution >= 0.6 is 15.9 Å². The maximum atomic E-state index is 6.11. The highest BCUT2D eigenvalue weighted by Gasteiger charge is 2.22. The van der Waals surface area contributed by atoms with Gasteiger partial charge in [0, 0.05) is 12.4 Å². The van der Waals surface area contributed by atoms with Crippen molar-refractivity contribution in [2.75, 3.05) is 10.6 Å². The lowest BCUT2D eigenvalue weighted by molar-refractivity contribution is 0.914. The second kappa shape index (κ2) is 8.22. The summed E-state index contributed by atoms with van der Waals surface area (Å²) in [6.45, 7) is 4.61. The maximum absolute atomic E-state index is 6.11. The third kappa shape index (κ3) is 5.37. The van der Waals surface area contributed by atoms with E-state index in [0.717, 1.165) is 15.7 Å². The van der Waals surface area contributed by atoms with Crippen molar-refractivity contribution in [1.82, 2.24) is 15.0 Å². The first kappa shape index (κ1) is 17.6. The SMILES string of the molecule is C=C(/C=C/C(N)Nc1nc(NCc2ccccn2)ncc1Br)C1CC1. The fourth-order valence-electron chi connectivity index (χ4n) is 2.25. The van der Waals surface area contributed by atoms with Crippen LogP contribution < -0.4 is 16.4 Å². The van der Waals surface area contributed by atoms with Crippen LogP contribution in [0, 0.1) is 5.92 Å². The number of nitrogens with zero attached hydrogens (tertiary/aromatic N) is 3. The molecule has 0 amide bonds. The zero-order chi connectivity index (χ0) is 17.6. The quantitative estimate of drug-likeness (QED) is 0.464. The first-order valence-electron chi connectivity index (χ1n) is 8.17. The Labute approximate surface area is 155 Å². The van der Waals surface area contributed by atoms with E-state index in [9.17, 15) is 0 Å². The van der Waals surface area contributed by atoms with Crippen molar-refractivity contribution in [3.8, 4) is 0 Å². The van der Waals surface area contributed by atoms with E-state index in [1.54, 1.807) is 12.4 Å². The smallest absolute Gasteiger partial charge is 0.224 e.